The minimum absolute atomic E-state index is 0.374. The zero-order chi connectivity index (χ0) is 16.9. The number of pyridine rings is 2. The molecule has 0 amide bonds. The molecule has 2 aromatic heterocycles. The highest BCUT2D eigenvalue weighted by atomic mass is 15.0. The summed E-state index contributed by atoms with van der Waals surface area (Å²) in [5, 5.41) is 19.8. The van der Waals surface area contributed by atoms with Crippen molar-refractivity contribution in [3.8, 4) is 17.3 Å². The van der Waals surface area contributed by atoms with Crippen molar-refractivity contribution >= 4 is 17.7 Å². The third-order valence-corrected chi connectivity index (χ3v) is 3.52. The van der Waals surface area contributed by atoms with E-state index in [2.05, 4.69) is 15.3 Å². The summed E-state index contributed by atoms with van der Waals surface area (Å²) in [6.07, 6.45) is 1.29. The number of nitrogens with one attached hydrogen (secondary N) is 2. The molecule has 2 N–H and O–H groups in total. The normalized spacial score (nSPS) is 10.0. The van der Waals surface area contributed by atoms with Crippen LogP contribution in [0.15, 0.2) is 54.6 Å². The molecule has 0 saturated carbocycles. The monoisotopic (exact) mass is 313 g/mol. The minimum Gasteiger partial charge on any atom is -0.340 e. The largest absolute Gasteiger partial charge is 0.340 e. The maximum absolute atomic E-state index is 9.00. The molecule has 0 radical (unpaired) electrons. The van der Waals surface area contributed by atoms with Gasteiger partial charge in [-0.3, -0.25) is 0 Å². The fourth-order valence-electron chi connectivity index (χ4n) is 2.36. The third kappa shape index (κ3) is 3.28. The second kappa shape index (κ2) is 6.71. The maximum atomic E-state index is 9.00. The number of hydrogen-bond acceptors (Lipinski definition) is 5. The lowest BCUT2D eigenvalue weighted by Crippen LogP contribution is -1.99. The molecule has 2 heterocycles. The molecule has 0 saturated heterocycles. The maximum Gasteiger partial charge on any atom is 0.141 e. The molecular weight excluding hydrogens is 298 g/mol. The molecular formula is C19H15N5. The summed E-state index contributed by atoms with van der Waals surface area (Å²) in [5.41, 5.74) is 4.39. The van der Waals surface area contributed by atoms with Crippen LogP contribution in [0.3, 0.4) is 0 Å². The number of anilines is 2. The number of aromatic nitrogens is 2. The average Bonchev–Trinajstić information content (AvgIpc) is 2.62. The Morgan fingerprint density at radius 3 is 2.67 bits per heavy atom. The van der Waals surface area contributed by atoms with Crippen LogP contribution in [-0.4, -0.2) is 16.2 Å². The van der Waals surface area contributed by atoms with Gasteiger partial charge in [0.1, 0.15) is 17.6 Å². The van der Waals surface area contributed by atoms with E-state index in [-0.39, 0.29) is 0 Å². The second-order valence-electron chi connectivity index (χ2n) is 5.26. The van der Waals surface area contributed by atoms with Gasteiger partial charge in [-0.2, -0.15) is 5.26 Å². The van der Waals surface area contributed by atoms with E-state index in [1.54, 1.807) is 12.1 Å². The first-order valence-electron chi connectivity index (χ1n) is 7.42. The first-order valence-corrected chi connectivity index (χ1v) is 7.42. The first kappa shape index (κ1) is 15.4. The van der Waals surface area contributed by atoms with Gasteiger partial charge >= 0.3 is 0 Å². The molecule has 1 aromatic carbocycles. The highest BCUT2D eigenvalue weighted by Crippen LogP contribution is 2.26. The van der Waals surface area contributed by atoms with Crippen molar-refractivity contribution in [2.45, 2.75) is 6.92 Å². The topological polar surface area (TPSA) is 85.5 Å². The zero-order valence-corrected chi connectivity index (χ0v) is 13.1. The Kier molecular flexibility index (Phi) is 4.30. The fraction of sp³-hybridized carbons (Fsp3) is 0.0526. The number of nitrogens with zero attached hydrogens (tertiary/aromatic N) is 3. The SMILES string of the molecule is Cc1cccc(Nc2cc(-c3cccc(C#N)n3)ccc2C=N)n1. The summed E-state index contributed by atoms with van der Waals surface area (Å²) in [6.45, 7) is 1.93. The molecule has 5 heteroatoms. The molecule has 5 nitrogen and oxygen atoms in total. The highest BCUT2D eigenvalue weighted by Gasteiger charge is 2.07. The Morgan fingerprint density at radius 1 is 1.08 bits per heavy atom. The number of hydrogen-bond donors (Lipinski definition) is 2. The van der Waals surface area contributed by atoms with Crippen molar-refractivity contribution in [1.82, 2.24) is 9.97 Å². The van der Waals surface area contributed by atoms with Crippen LogP contribution in [0, 0.1) is 23.7 Å². The van der Waals surface area contributed by atoms with Gasteiger partial charge in [-0.25, -0.2) is 9.97 Å². The fourth-order valence-corrected chi connectivity index (χ4v) is 2.36. The van der Waals surface area contributed by atoms with Gasteiger partial charge in [0.25, 0.3) is 0 Å². The molecule has 24 heavy (non-hydrogen) atoms. The van der Waals surface area contributed by atoms with Gasteiger partial charge in [0.2, 0.25) is 0 Å². The Bertz CT molecular complexity index is 940. The summed E-state index contributed by atoms with van der Waals surface area (Å²) >= 11 is 0. The lowest BCUT2D eigenvalue weighted by atomic mass is 10.1. The molecule has 0 aliphatic rings. The Labute approximate surface area is 140 Å². The van der Waals surface area contributed by atoms with E-state index in [1.807, 2.05) is 55.5 Å². The van der Waals surface area contributed by atoms with Gasteiger partial charge < -0.3 is 10.7 Å². The summed E-state index contributed by atoms with van der Waals surface area (Å²) < 4.78 is 0. The Hall–Kier alpha value is -3.52. The molecule has 0 spiro atoms. The third-order valence-electron chi connectivity index (χ3n) is 3.52. The van der Waals surface area contributed by atoms with Crippen molar-refractivity contribution in [1.29, 1.82) is 10.7 Å². The van der Waals surface area contributed by atoms with Crippen molar-refractivity contribution in [3.05, 3.63) is 71.5 Å². The van der Waals surface area contributed by atoms with Crippen molar-refractivity contribution < 1.29 is 0 Å². The van der Waals surface area contributed by atoms with Crippen LogP contribution in [0.25, 0.3) is 11.3 Å². The molecule has 0 fully saturated rings. The molecule has 116 valence electrons. The van der Waals surface area contributed by atoms with E-state index in [0.29, 0.717) is 17.2 Å². The number of benzene rings is 1. The first-order chi connectivity index (χ1) is 11.7. The smallest absolute Gasteiger partial charge is 0.141 e. The van der Waals surface area contributed by atoms with Crippen LogP contribution in [0.2, 0.25) is 0 Å². The molecule has 3 aromatic rings. The summed E-state index contributed by atoms with van der Waals surface area (Å²) in [5.74, 6) is 0.717. The quantitative estimate of drug-likeness (QED) is 0.711. The van der Waals surface area contributed by atoms with Crippen LogP contribution < -0.4 is 5.32 Å². The van der Waals surface area contributed by atoms with E-state index in [1.165, 1.54) is 6.21 Å². The molecule has 0 atom stereocenters. The number of aryl methyl sites for hydroxylation is 1. The number of rotatable bonds is 4. The summed E-state index contributed by atoms with van der Waals surface area (Å²) in [7, 11) is 0. The predicted octanol–water partition coefficient (Wildman–Crippen LogP) is 4.06. The van der Waals surface area contributed by atoms with Crippen molar-refractivity contribution in [3.63, 3.8) is 0 Å². The van der Waals surface area contributed by atoms with Gasteiger partial charge in [0.15, 0.2) is 0 Å². The van der Waals surface area contributed by atoms with Gasteiger partial charge in [-0.15, -0.1) is 0 Å². The number of nitriles is 1. The van der Waals surface area contributed by atoms with Gasteiger partial charge in [0, 0.05) is 28.7 Å². The predicted molar refractivity (Wildman–Crippen MR) is 94.5 cm³/mol. The van der Waals surface area contributed by atoms with Crippen LogP contribution in [0.1, 0.15) is 17.0 Å². The van der Waals surface area contributed by atoms with Gasteiger partial charge in [-0.1, -0.05) is 24.3 Å². The van der Waals surface area contributed by atoms with Crippen LogP contribution in [0.5, 0.6) is 0 Å². The van der Waals surface area contributed by atoms with Crippen molar-refractivity contribution in [2.24, 2.45) is 0 Å². The molecule has 0 unspecified atom stereocenters. The van der Waals surface area contributed by atoms with Gasteiger partial charge in [-0.05, 0) is 37.3 Å². The second-order valence-corrected chi connectivity index (χ2v) is 5.26. The molecule has 0 bridgehead atoms. The van der Waals surface area contributed by atoms with E-state index in [4.69, 9.17) is 10.7 Å². The Balaban J connectivity index is 2.02. The standard InChI is InChI=1S/C19H15N5/c1-13-4-2-7-19(22-13)24-18-10-14(8-9-15(18)11-20)17-6-3-5-16(12-21)23-17/h2-11,20H,1H3,(H,22,24). The van der Waals surface area contributed by atoms with Crippen LogP contribution in [0.4, 0.5) is 11.5 Å². The highest BCUT2D eigenvalue weighted by molar-refractivity contribution is 5.89. The summed E-state index contributed by atoms with van der Waals surface area (Å²) in [4.78, 5) is 8.75. The minimum atomic E-state index is 0.374. The molecule has 3 rings (SSSR count). The zero-order valence-electron chi connectivity index (χ0n) is 13.1. The van der Waals surface area contributed by atoms with Crippen LogP contribution in [-0.2, 0) is 0 Å². The van der Waals surface area contributed by atoms with E-state index in [9.17, 15) is 0 Å². The van der Waals surface area contributed by atoms with E-state index in [0.717, 1.165) is 22.5 Å². The Morgan fingerprint density at radius 2 is 1.92 bits per heavy atom. The molecule has 0 aliphatic carbocycles. The van der Waals surface area contributed by atoms with E-state index < -0.39 is 0 Å². The lowest BCUT2D eigenvalue weighted by molar-refractivity contribution is 1.20. The van der Waals surface area contributed by atoms with E-state index >= 15 is 0 Å². The lowest BCUT2D eigenvalue weighted by Gasteiger charge is -2.11. The van der Waals surface area contributed by atoms with Crippen molar-refractivity contribution in [2.75, 3.05) is 5.32 Å². The van der Waals surface area contributed by atoms with Crippen LogP contribution >= 0.6 is 0 Å². The average molecular weight is 313 g/mol. The van der Waals surface area contributed by atoms with Gasteiger partial charge in [0.05, 0.1) is 5.69 Å². The molecule has 0 aliphatic heterocycles. The summed E-state index contributed by atoms with van der Waals surface area (Å²) in [6, 6.07) is 18.8.